The Bertz CT molecular complexity index is 403. The van der Waals surface area contributed by atoms with Crippen LogP contribution in [0.1, 0.15) is 12.5 Å². The van der Waals surface area contributed by atoms with Crippen LogP contribution in [0.5, 0.6) is 5.75 Å². The molecule has 0 unspecified atom stereocenters. The molecule has 0 aliphatic heterocycles. The fraction of sp³-hybridized carbons (Fsp3) is 0.231. The van der Waals surface area contributed by atoms with Crippen LogP contribution in [0.25, 0.3) is 10.8 Å². The Morgan fingerprint density at radius 2 is 1.71 bits per heavy atom. The molecule has 0 amide bonds. The zero-order valence-electron chi connectivity index (χ0n) is 8.58. The van der Waals surface area contributed by atoms with Gasteiger partial charge in [-0.25, -0.2) is 0 Å². The number of hydrogen-bond acceptors (Lipinski definition) is 1. The molecule has 14 heavy (non-hydrogen) atoms. The van der Waals surface area contributed by atoms with Gasteiger partial charge in [0.2, 0.25) is 0 Å². The molecule has 0 N–H and O–H groups in total. The van der Waals surface area contributed by atoms with Gasteiger partial charge in [0.15, 0.2) is 0 Å². The van der Waals surface area contributed by atoms with Crippen molar-refractivity contribution in [3.05, 3.63) is 42.0 Å². The first-order chi connectivity index (χ1) is 6.86. The van der Waals surface area contributed by atoms with Crippen molar-refractivity contribution in [1.82, 2.24) is 0 Å². The van der Waals surface area contributed by atoms with E-state index in [4.69, 9.17) is 4.74 Å². The van der Waals surface area contributed by atoms with Crippen LogP contribution in [0, 0.1) is 0 Å². The summed E-state index contributed by atoms with van der Waals surface area (Å²) in [7, 11) is 1.72. The normalized spacial score (nSPS) is 10.4. The van der Waals surface area contributed by atoms with Gasteiger partial charge >= 0.3 is 0 Å². The zero-order valence-corrected chi connectivity index (χ0v) is 8.58. The average molecular weight is 186 g/mol. The molecule has 0 spiro atoms. The molecule has 0 atom stereocenters. The summed E-state index contributed by atoms with van der Waals surface area (Å²) in [6.45, 7) is 2.17. The fourth-order valence-electron chi connectivity index (χ4n) is 1.83. The highest BCUT2D eigenvalue weighted by molar-refractivity contribution is 5.90. The third-order valence-corrected chi connectivity index (χ3v) is 2.57. The topological polar surface area (TPSA) is 9.23 Å². The maximum atomic E-state index is 5.33. The maximum absolute atomic E-state index is 5.33. The third kappa shape index (κ3) is 1.35. The van der Waals surface area contributed by atoms with Crippen LogP contribution in [0.15, 0.2) is 36.4 Å². The van der Waals surface area contributed by atoms with E-state index in [0.29, 0.717) is 0 Å². The standard InChI is InChI=1S/C13H14O/c1-3-10-6-4-8-12-11(10)7-5-9-13(12)14-2/h4-9H,3H2,1-2H3. The van der Waals surface area contributed by atoms with Crippen molar-refractivity contribution in [3.63, 3.8) is 0 Å². The third-order valence-electron chi connectivity index (χ3n) is 2.57. The number of hydrogen-bond donors (Lipinski definition) is 0. The van der Waals surface area contributed by atoms with Crippen molar-refractivity contribution in [1.29, 1.82) is 0 Å². The second kappa shape index (κ2) is 3.70. The van der Waals surface area contributed by atoms with Gasteiger partial charge in [-0.05, 0) is 23.4 Å². The molecule has 0 aliphatic rings. The highest BCUT2D eigenvalue weighted by Gasteiger charge is 2.02. The molecular weight excluding hydrogens is 172 g/mol. The first kappa shape index (κ1) is 9.07. The summed E-state index contributed by atoms with van der Waals surface area (Å²) in [4.78, 5) is 0. The molecule has 0 aliphatic carbocycles. The summed E-state index contributed by atoms with van der Waals surface area (Å²) >= 11 is 0. The minimum atomic E-state index is 0.956. The smallest absolute Gasteiger partial charge is 0.126 e. The SMILES string of the molecule is CCc1cccc2c(OC)cccc12. The molecule has 2 aromatic carbocycles. The van der Waals surface area contributed by atoms with Gasteiger partial charge in [-0.15, -0.1) is 0 Å². The Kier molecular flexibility index (Phi) is 2.40. The molecule has 2 rings (SSSR count). The highest BCUT2D eigenvalue weighted by Crippen LogP contribution is 2.27. The van der Waals surface area contributed by atoms with Crippen LogP contribution in [0.4, 0.5) is 0 Å². The molecule has 0 bridgehead atoms. The molecule has 1 heteroatoms. The second-order valence-corrected chi connectivity index (χ2v) is 3.33. The molecule has 0 heterocycles. The van der Waals surface area contributed by atoms with Crippen molar-refractivity contribution in [3.8, 4) is 5.75 Å². The van der Waals surface area contributed by atoms with Gasteiger partial charge in [-0.3, -0.25) is 0 Å². The monoisotopic (exact) mass is 186 g/mol. The summed E-state index contributed by atoms with van der Waals surface area (Å²) in [6, 6.07) is 12.6. The first-order valence-electron chi connectivity index (χ1n) is 4.91. The van der Waals surface area contributed by atoms with Crippen LogP contribution in [-0.4, -0.2) is 7.11 Å². The van der Waals surface area contributed by atoms with Crippen LogP contribution in [0.3, 0.4) is 0 Å². The molecule has 1 nitrogen and oxygen atoms in total. The number of benzene rings is 2. The Morgan fingerprint density at radius 1 is 1.00 bits per heavy atom. The van der Waals surface area contributed by atoms with Crippen LogP contribution in [0.2, 0.25) is 0 Å². The Balaban J connectivity index is 2.77. The number of rotatable bonds is 2. The van der Waals surface area contributed by atoms with E-state index >= 15 is 0 Å². The fourth-order valence-corrected chi connectivity index (χ4v) is 1.83. The van der Waals surface area contributed by atoms with Crippen LogP contribution in [-0.2, 0) is 6.42 Å². The van der Waals surface area contributed by atoms with Crippen molar-refractivity contribution in [2.45, 2.75) is 13.3 Å². The highest BCUT2D eigenvalue weighted by atomic mass is 16.5. The van der Waals surface area contributed by atoms with Gasteiger partial charge in [0, 0.05) is 5.39 Å². The van der Waals surface area contributed by atoms with Gasteiger partial charge in [0.1, 0.15) is 5.75 Å². The number of aryl methyl sites for hydroxylation is 1. The zero-order chi connectivity index (χ0) is 9.97. The molecule has 0 saturated carbocycles. The van der Waals surface area contributed by atoms with Gasteiger partial charge in [0.25, 0.3) is 0 Å². The lowest BCUT2D eigenvalue weighted by molar-refractivity contribution is 0.420. The van der Waals surface area contributed by atoms with Crippen molar-refractivity contribution >= 4 is 10.8 Å². The lowest BCUT2D eigenvalue weighted by atomic mass is 10.0. The molecule has 0 saturated heterocycles. The van der Waals surface area contributed by atoms with E-state index in [2.05, 4.69) is 31.2 Å². The summed E-state index contributed by atoms with van der Waals surface area (Å²) in [5.74, 6) is 0.956. The predicted octanol–water partition coefficient (Wildman–Crippen LogP) is 3.41. The number of fused-ring (bicyclic) bond motifs is 1. The second-order valence-electron chi connectivity index (χ2n) is 3.33. The van der Waals surface area contributed by atoms with Crippen molar-refractivity contribution in [2.75, 3.05) is 7.11 Å². The number of ether oxygens (including phenoxy) is 1. The van der Waals surface area contributed by atoms with Gasteiger partial charge in [0.05, 0.1) is 7.11 Å². The Morgan fingerprint density at radius 3 is 2.43 bits per heavy atom. The van der Waals surface area contributed by atoms with Crippen LogP contribution < -0.4 is 4.74 Å². The van der Waals surface area contributed by atoms with Crippen molar-refractivity contribution < 1.29 is 4.74 Å². The molecule has 2 aromatic rings. The molecule has 0 radical (unpaired) electrons. The van der Waals surface area contributed by atoms with Crippen LogP contribution >= 0.6 is 0 Å². The minimum Gasteiger partial charge on any atom is -0.496 e. The van der Waals surface area contributed by atoms with Gasteiger partial charge in [-0.1, -0.05) is 37.3 Å². The number of methoxy groups -OCH3 is 1. The maximum Gasteiger partial charge on any atom is 0.126 e. The molecular formula is C13H14O. The molecule has 0 fully saturated rings. The average Bonchev–Trinajstić information content (AvgIpc) is 2.27. The summed E-state index contributed by atoms with van der Waals surface area (Å²) < 4.78 is 5.33. The largest absolute Gasteiger partial charge is 0.496 e. The lowest BCUT2D eigenvalue weighted by Crippen LogP contribution is -1.87. The summed E-state index contributed by atoms with van der Waals surface area (Å²) in [5.41, 5.74) is 1.38. The van der Waals surface area contributed by atoms with E-state index in [1.807, 2.05) is 12.1 Å². The van der Waals surface area contributed by atoms with Gasteiger partial charge < -0.3 is 4.74 Å². The Hall–Kier alpha value is -1.50. The van der Waals surface area contributed by atoms with E-state index in [-0.39, 0.29) is 0 Å². The van der Waals surface area contributed by atoms with Gasteiger partial charge in [-0.2, -0.15) is 0 Å². The summed E-state index contributed by atoms with van der Waals surface area (Å²) in [5, 5.41) is 2.50. The molecule has 72 valence electrons. The quantitative estimate of drug-likeness (QED) is 0.698. The van der Waals surface area contributed by atoms with E-state index < -0.39 is 0 Å². The Labute approximate surface area is 84.3 Å². The van der Waals surface area contributed by atoms with E-state index in [1.54, 1.807) is 7.11 Å². The first-order valence-corrected chi connectivity index (χ1v) is 4.91. The van der Waals surface area contributed by atoms with E-state index in [1.165, 1.54) is 16.3 Å². The lowest BCUT2D eigenvalue weighted by Gasteiger charge is -2.07. The predicted molar refractivity (Wildman–Crippen MR) is 59.9 cm³/mol. The minimum absolute atomic E-state index is 0.956. The summed E-state index contributed by atoms with van der Waals surface area (Å²) in [6.07, 6.45) is 1.06. The van der Waals surface area contributed by atoms with Crippen molar-refractivity contribution in [2.24, 2.45) is 0 Å². The van der Waals surface area contributed by atoms with E-state index in [9.17, 15) is 0 Å². The van der Waals surface area contributed by atoms with E-state index in [0.717, 1.165) is 12.2 Å². The molecule has 0 aromatic heterocycles.